The van der Waals surface area contributed by atoms with Crippen molar-refractivity contribution in [2.75, 3.05) is 26.8 Å². The van der Waals surface area contributed by atoms with Crippen LogP contribution in [0.2, 0.25) is 0 Å². The molecule has 116 valence electrons. The Kier molecular flexibility index (Phi) is 4.71. The van der Waals surface area contributed by atoms with Gasteiger partial charge in [0, 0.05) is 24.4 Å². The van der Waals surface area contributed by atoms with Crippen molar-refractivity contribution in [1.82, 2.24) is 9.88 Å². The molecule has 1 aliphatic rings. The van der Waals surface area contributed by atoms with Gasteiger partial charge in [0.05, 0.1) is 6.20 Å². The van der Waals surface area contributed by atoms with Crippen molar-refractivity contribution >= 4 is 0 Å². The number of likely N-dealkylation sites (tertiary alicyclic amines) is 1. The Morgan fingerprint density at radius 2 is 2.18 bits per heavy atom. The van der Waals surface area contributed by atoms with E-state index in [1.807, 2.05) is 24.4 Å². The van der Waals surface area contributed by atoms with Crippen LogP contribution in [0.4, 0.5) is 0 Å². The molecular formula is C18H22N2O2. The number of hydrogen-bond donors (Lipinski definition) is 1. The molecule has 4 heteroatoms. The molecule has 1 aromatic heterocycles. The SMILES string of the molecule is CN1CC[C@H]1COc1cncc(-c2cccc(CCO)c2)c1. The van der Waals surface area contributed by atoms with Crippen LogP contribution in [0.5, 0.6) is 5.75 Å². The van der Waals surface area contributed by atoms with Crippen LogP contribution in [0.1, 0.15) is 12.0 Å². The minimum Gasteiger partial charge on any atom is -0.490 e. The van der Waals surface area contributed by atoms with Crippen LogP contribution in [-0.4, -0.2) is 47.8 Å². The fourth-order valence-electron chi connectivity index (χ4n) is 2.66. The van der Waals surface area contributed by atoms with Gasteiger partial charge in [-0.15, -0.1) is 0 Å². The van der Waals surface area contributed by atoms with E-state index < -0.39 is 0 Å². The highest BCUT2D eigenvalue weighted by atomic mass is 16.5. The van der Waals surface area contributed by atoms with Crippen molar-refractivity contribution < 1.29 is 9.84 Å². The highest BCUT2D eigenvalue weighted by Crippen LogP contribution is 2.24. The van der Waals surface area contributed by atoms with Gasteiger partial charge in [-0.3, -0.25) is 9.88 Å². The van der Waals surface area contributed by atoms with E-state index in [2.05, 4.69) is 29.1 Å². The zero-order valence-electron chi connectivity index (χ0n) is 12.9. The molecule has 0 aliphatic carbocycles. The van der Waals surface area contributed by atoms with E-state index in [-0.39, 0.29) is 6.61 Å². The van der Waals surface area contributed by atoms with Crippen molar-refractivity contribution in [1.29, 1.82) is 0 Å². The van der Waals surface area contributed by atoms with Crippen molar-refractivity contribution in [3.8, 4) is 16.9 Å². The third kappa shape index (κ3) is 3.46. The zero-order chi connectivity index (χ0) is 15.4. The third-order valence-electron chi connectivity index (χ3n) is 4.25. The molecule has 1 fully saturated rings. The van der Waals surface area contributed by atoms with E-state index in [1.165, 1.54) is 6.42 Å². The first-order valence-corrected chi connectivity index (χ1v) is 7.74. The topological polar surface area (TPSA) is 45.6 Å². The maximum absolute atomic E-state index is 9.06. The molecule has 4 nitrogen and oxygen atoms in total. The Bertz CT molecular complexity index is 630. The number of aliphatic hydroxyl groups excluding tert-OH is 1. The molecular weight excluding hydrogens is 276 g/mol. The monoisotopic (exact) mass is 298 g/mol. The van der Waals surface area contributed by atoms with Crippen molar-refractivity contribution in [3.05, 3.63) is 48.3 Å². The van der Waals surface area contributed by atoms with Crippen LogP contribution in [0.3, 0.4) is 0 Å². The van der Waals surface area contributed by atoms with Crippen molar-refractivity contribution in [2.45, 2.75) is 18.9 Å². The second kappa shape index (κ2) is 6.90. The van der Waals surface area contributed by atoms with Crippen molar-refractivity contribution in [2.24, 2.45) is 0 Å². The van der Waals surface area contributed by atoms with Crippen LogP contribution in [-0.2, 0) is 6.42 Å². The van der Waals surface area contributed by atoms with Gasteiger partial charge in [0.1, 0.15) is 12.4 Å². The molecule has 0 saturated carbocycles. The number of aliphatic hydroxyl groups is 1. The quantitative estimate of drug-likeness (QED) is 0.889. The van der Waals surface area contributed by atoms with E-state index >= 15 is 0 Å². The van der Waals surface area contributed by atoms with Gasteiger partial charge in [-0.2, -0.15) is 0 Å². The summed E-state index contributed by atoms with van der Waals surface area (Å²) >= 11 is 0. The fraction of sp³-hybridized carbons (Fsp3) is 0.389. The summed E-state index contributed by atoms with van der Waals surface area (Å²) in [5.41, 5.74) is 3.27. The number of rotatable bonds is 6. The minimum absolute atomic E-state index is 0.166. The molecule has 0 spiro atoms. The van der Waals surface area contributed by atoms with Crippen LogP contribution in [0.25, 0.3) is 11.1 Å². The predicted molar refractivity (Wildman–Crippen MR) is 87.0 cm³/mol. The van der Waals surface area contributed by atoms with Crippen molar-refractivity contribution in [3.63, 3.8) is 0 Å². The third-order valence-corrected chi connectivity index (χ3v) is 4.25. The number of pyridine rings is 1. The largest absolute Gasteiger partial charge is 0.490 e. The van der Waals surface area contributed by atoms with E-state index in [9.17, 15) is 0 Å². The van der Waals surface area contributed by atoms with Gasteiger partial charge in [-0.1, -0.05) is 24.3 Å². The number of benzene rings is 1. The summed E-state index contributed by atoms with van der Waals surface area (Å²) in [5, 5.41) is 9.06. The lowest BCUT2D eigenvalue weighted by Crippen LogP contribution is -2.48. The summed E-state index contributed by atoms with van der Waals surface area (Å²) in [4.78, 5) is 6.59. The van der Waals surface area contributed by atoms with E-state index in [0.29, 0.717) is 19.1 Å². The minimum atomic E-state index is 0.166. The highest BCUT2D eigenvalue weighted by Gasteiger charge is 2.24. The molecule has 0 unspecified atom stereocenters. The number of aromatic nitrogens is 1. The normalized spacial score (nSPS) is 18.0. The molecule has 0 bridgehead atoms. The Balaban J connectivity index is 1.71. The standard InChI is InChI=1S/C18H22N2O2/c1-20-7-5-17(20)13-22-18-10-16(11-19-12-18)15-4-2-3-14(9-15)6-8-21/h2-4,9-12,17,21H,5-8,13H2,1H3/t17-/m0/s1. The molecule has 0 radical (unpaired) electrons. The Labute approximate surface area is 131 Å². The Hall–Kier alpha value is -1.91. The average Bonchev–Trinajstić information content (AvgIpc) is 2.54. The van der Waals surface area contributed by atoms with E-state index in [0.717, 1.165) is 29.0 Å². The fourth-order valence-corrected chi connectivity index (χ4v) is 2.66. The maximum atomic E-state index is 9.06. The number of ether oxygens (including phenoxy) is 1. The number of hydrogen-bond acceptors (Lipinski definition) is 4. The number of likely N-dealkylation sites (N-methyl/N-ethyl adjacent to an activating group) is 1. The highest BCUT2D eigenvalue weighted by molar-refractivity contribution is 5.64. The summed E-state index contributed by atoms with van der Waals surface area (Å²) in [7, 11) is 2.12. The van der Waals surface area contributed by atoms with Gasteiger partial charge in [0.25, 0.3) is 0 Å². The molecule has 0 amide bonds. The van der Waals surface area contributed by atoms with Gasteiger partial charge in [-0.05, 0) is 43.6 Å². The second-order valence-corrected chi connectivity index (χ2v) is 5.82. The molecule has 2 heterocycles. The lowest BCUT2D eigenvalue weighted by Gasteiger charge is -2.37. The van der Waals surface area contributed by atoms with E-state index in [4.69, 9.17) is 9.84 Å². The lowest BCUT2D eigenvalue weighted by atomic mass is 10.0. The first kappa shape index (κ1) is 15.0. The summed E-state index contributed by atoms with van der Waals surface area (Å²) in [6, 6.07) is 10.7. The van der Waals surface area contributed by atoms with Crippen LogP contribution < -0.4 is 4.74 Å². The molecule has 1 aliphatic heterocycles. The Morgan fingerprint density at radius 3 is 2.91 bits per heavy atom. The van der Waals surface area contributed by atoms with Gasteiger partial charge in [0.2, 0.25) is 0 Å². The van der Waals surface area contributed by atoms with Gasteiger partial charge in [0.15, 0.2) is 0 Å². The summed E-state index contributed by atoms with van der Waals surface area (Å²) in [6.45, 7) is 2.04. The van der Waals surface area contributed by atoms with Gasteiger partial charge >= 0.3 is 0 Å². The predicted octanol–water partition coefficient (Wildman–Crippen LogP) is 2.37. The molecule has 22 heavy (non-hydrogen) atoms. The van der Waals surface area contributed by atoms with E-state index in [1.54, 1.807) is 6.20 Å². The summed E-state index contributed by atoms with van der Waals surface area (Å²) in [5.74, 6) is 0.811. The molecule has 3 rings (SSSR count). The Morgan fingerprint density at radius 1 is 1.27 bits per heavy atom. The molecule has 1 aromatic carbocycles. The lowest BCUT2D eigenvalue weighted by molar-refractivity contribution is 0.0768. The molecule has 1 atom stereocenters. The first-order chi connectivity index (χ1) is 10.8. The zero-order valence-corrected chi connectivity index (χ0v) is 12.9. The van der Waals surface area contributed by atoms with Crippen LogP contribution in [0.15, 0.2) is 42.7 Å². The summed E-state index contributed by atoms with van der Waals surface area (Å²) in [6.07, 6.45) is 5.48. The first-order valence-electron chi connectivity index (χ1n) is 7.74. The summed E-state index contributed by atoms with van der Waals surface area (Å²) < 4.78 is 5.88. The van der Waals surface area contributed by atoms with Gasteiger partial charge < -0.3 is 9.84 Å². The molecule has 1 saturated heterocycles. The smallest absolute Gasteiger partial charge is 0.138 e. The van der Waals surface area contributed by atoms with Crippen LogP contribution >= 0.6 is 0 Å². The van der Waals surface area contributed by atoms with Gasteiger partial charge in [-0.25, -0.2) is 0 Å². The maximum Gasteiger partial charge on any atom is 0.138 e. The molecule has 1 N–H and O–H groups in total. The average molecular weight is 298 g/mol. The van der Waals surface area contributed by atoms with Crippen LogP contribution in [0, 0.1) is 0 Å². The second-order valence-electron chi connectivity index (χ2n) is 5.82. The molecule has 2 aromatic rings. The number of nitrogens with zero attached hydrogens (tertiary/aromatic N) is 2.